The van der Waals surface area contributed by atoms with Crippen molar-refractivity contribution in [2.24, 2.45) is 16.2 Å². The molecule has 0 aliphatic heterocycles. The molecule has 1 aromatic carbocycles. The molecule has 1 amide bonds. The summed E-state index contributed by atoms with van der Waals surface area (Å²) >= 11 is 0. The Morgan fingerprint density at radius 3 is 2.18 bits per heavy atom. The molecule has 0 saturated heterocycles. The van der Waals surface area contributed by atoms with Crippen LogP contribution in [-0.4, -0.2) is 17.5 Å². The smallest absolute Gasteiger partial charge is 0.253 e. The average Bonchev–Trinajstić information content (AvgIpc) is 2.78. The van der Waals surface area contributed by atoms with E-state index in [2.05, 4.69) is 10.9 Å². The number of fused-ring (bicyclic) bond motifs is 2. The van der Waals surface area contributed by atoms with Crippen LogP contribution >= 0.6 is 0 Å². The molecule has 0 aromatic heterocycles. The van der Waals surface area contributed by atoms with E-state index in [1.165, 1.54) is 0 Å². The van der Waals surface area contributed by atoms with Crippen LogP contribution in [0.1, 0.15) is 33.6 Å². The lowest BCUT2D eigenvalue weighted by molar-refractivity contribution is -0.149. The second-order valence-electron chi connectivity index (χ2n) is 6.97. The molecule has 2 saturated carbocycles. The summed E-state index contributed by atoms with van der Waals surface area (Å²) in [5.74, 6) is -1.36. The van der Waals surface area contributed by atoms with Gasteiger partial charge >= 0.3 is 0 Å². The van der Waals surface area contributed by atoms with Crippen LogP contribution in [0.5, 0.6) is 0 Å². The summed E-state index contributed by atoms with van der Waals surface area (Å²) in [7, 11) is 0. The summed E-state index contributed by atoms with van der Waals surface area (Å²) in [5, 5.41) is 0. The van der Waals surface area contributed by atoms with Crippen LogP contribution in [0.4, 0.5) is 5.69 Å². The van der Waals surface area contributed by atoms with E-state index in [0.29, 0.717) is 12.8 Å². The lowest BCUT2D eigenvalue weighted by atomic mass is 9.64. The third kappa shape index (κ3) is 1.51. The summed E-state index contributed by atoms with van der Waals surface area (Å²) in [5.41, 5.74) is 3.48. The van der Waals surface area contributed by atoms with E-state index in [1.807, 2.05) is 44.2 Å². The molecule has 0 radical (unpaired) electrons. The van der Waals surface area contributed by atoms with Gasteiger partial charge < -0.3 is 0 Å². The van der Waals surface area contributed by atoms with Gasteiger partial charge in [0.25, 0.3) is 5.91 Å². The molecule has 1 aromatic rings. The minimum Gasteiger partial charge on any atom is -0.299 e. The van der Waals surface area contributed by atoms with E-state index in [4.69, 9.17) is 0 Å². The molecule has 0 unspecified atom stereocenters. The van der Waals surface area contributed by atoms with Gasteiger partial charge in [-0.3, -0.25) is 25.2 Å². The topological polar surface area (TPSA) is 75.3 Å². The number of benzene rings is 1. The number of carbonyl (C=O) groups is 3. The number of carbonyl (C=O) groups excluding carboxylic acids is 3. The van der Waals surface area contributed by atoms with Crippen LogP contribution in [-0.2, 0) is 14.4 Å². The van der Waals surface area contributed by atoms with Gasteiger partial charge in [-0.2, -0.15) is 0 Å². The van der Waals surface area contributed by atoms with Crippen LogP contribution in [0.2, 0.25) is 0 Å². The Hall–Kier alpha value is -2.17. The number of anilines is 1. The summed E-state index contributed by atoms with van der Waals surface area (Å²) in [6.45, 7) is 5.51. The molecule has 2 bridgehead atoms. The fourth-order valence-electron chi connectivity index (χ4n) is 4.03. The lowest BCUT2D eigenvalue weighted by Gasteiger charge is -2.37. The highest BCUT2D eigenvalue weighted by Gasteiger charge is 2.77. The van der Waals surface area contributed by atoms with Crippen molar-refractivity contribution in [2.75, 3.05) is 5.43 Å². The third-order valence-electron chi connectivity index (χ3n) is 6.02. The third-order valence-corrected chi connectivity index (χ3v) is 6.02. The van der Waals surface area contributed by atoms with Gasteiger partial charge in [0, 0.05) is 5.41 Å². The Kier molecular flexibility index (Phi) is 2.96. The fraction of sp³-hybridized carbons (Fsp3) is 0.471. The molecule has 0 spiro atoms. The summed E-state index contributed by atoms with van der Waals surface area (Å²) < 4.78 is 0. The van der Waals surface area contributed by atoms with Gasteiger partial charge in [-0.25, -0.2) is 0 Å². The minimum absolute atomic E-state index is 0.404. The first kappa shape index (κ1) is 14.8. The standard InChI is InChI=1S/C17H20N2O3/c1-15(2)16(3)9-10-17(15,13(21)12(16)20)14(22)19-18-11-7-5-4-6-8-11/h4-8,18H,9-10H2,1-3H3,(H,19,22)/t16-,17-/m0/s1. The molecule has 5 nitrogen and oxygen atoms in total. The van der Waals surface area contributed by atoms with Gasteiger partial charge in [0.15, 0.2) is 0 Å². The van der Waals surface area contributed by atoms with Crippen molar-refractivity contribution in [3.8, 4) is 0 Å². The molecule has 22 heavy (non-hydrogen) atoms. The van der Waals surface area contributed by atoms with Gasteiger partial charge in [-0.15, -0.1) is 0 Å². The molecular formula is C17H20N2O3. The predicted molar refractivity (Wildman–Crippen MR) is 81.8 cm³/mol. The zero-order chi connectivity index (χ0) is 16.2. The highest BCUT2D eigenvalue weighted by atomic mass is 16.2. The van der Waals surface area contributed by atoms with E-state index in [9.17, 15) is 14.4 Å². The molecule has 5 heteroatoms. The first-order valence-electron chi connectivity index (χ1n) is 7.48. The highest BCUT2D eigenvalue weighted by Crippen LogP contribution is 2.68. The van der Waals surface area contributed by atoms with Gasteiger partial charge in [-0.05, 0) is 30.4 Å². The molecule has 3 rings (SSSR count). The largest absolute Gasteiger partial charge is 0.299 e. The van der Waals surface area contributed by atoms with Gasteiger partial charge in [0.1, 0.15) is 5.41 Å². The highest BCUT2D eigenvalue weighted by molar-refractivity contribution is 6.48. The summed E-state index contributed by atoms with van der Waals surface area (Å²) in [4.78, 5) is 37.6. The molecule has 0 heterocycles. The van der Waals surface area contributed by atoms with Crippen LogP contribution in [0.25, 0.3) is 0 Å². The van der Waals surface area contributed by atoms with E-state index in [1.54, 1.807) is 6.92 Å². The van der Waals surface area contributed by atoms with E-state index in [0.717, 1.165) is 5.69 Å². The zero-order valence-corrected chi connectivity index (χ0v) is 13.0. The number of hydrazine groups is 1. The van der Waals surface area contributed by atoms with Crippen molar-refractivity contribution in [1.29, 1.82) is 0 Å². The van der Waals surface area contributed by atoms with E-state index in [-0.39, 0.29) is 0 Å². The van der Waals surface area contributed by atoms with Gasteiger partial charge in [0.2, 0.25) is 11.6 Å². The first-order chi connectivity index (χ1) is 10.3. The molecular weight excluding hydrogens is 280 g/mol. The number of para-hydroxylation sites is 1. The Balaban J connectivity index is 1.88. The summed E-state index contributed by atoms with van der Waals surface area (Å²) in [6.07, 6.45) is 0.993. The second-order valence-corrected chi connectivity index (χ2v) is 6.97. The maximum absolute atomic E-state index is 12.8. The number of amides is 1. The van der Waals surface area contributed by atoms with Crippen LogP contribution in [0.3, 0.4) is 0 Å². The Morgan fingerprint density at radius 2 is 1.64 bits per heavy atom. The maximum Gasteiger partial charge on any atom is 0.253 e. The van der Waals surface area contributed by atoms with Crippen molar-refractivity contribution in [3.05, 3.63) is 30.3 Å². The molecule has 116 valence electrons. The first-order valence-corrected chi connectivity index (χ1v) is 7.48. The van der Waals surface area contributed by atoms with Crippen molar-refractivity contribution >= 4 is 23.2 Å². The van der Waals surface area contributed by atoms with Crippen molar-refractivity contribution in [2.45, 2.75) is 33.6 Å². The number of Topliss-reactive ketones (excluding diaryl/α,β-unsaturated/α-hetero) is 2. The maximum atomic E-state index is 12.8. The number of hydrogen-bond acceptors (Lipinski definition) is 4. The van der Waals surface area contributed by atoms with Crippen LogP contribution in [0.15, 0.2) is 30.3 Å². The zero-order valence-electron chi connectivity index (χ0n) is 13.0. The molecule has 2 fully saturated rings. The predicted octanol–water partition coefficient (Wildman–Crippen LogP) is 2.09. The van der Waals surface area contributed by atoms with Gasteiger partial charge in [-0.1, -0.05) is 39.0 Å². The van der Waals surface area contributed by atoms with E-state index < -0.39 is 33.7 Å². The minimum atomic E-state index is -1.26. The molecule has 2 aliphatic carbocycles. The van der Waals surface area contributed by atoms with Crippen molar-refractivity contribution in [1.82, 2.24) is 5.43 Å². The SMILES string of the molecule is CC1(C)[C@@]2(C(=O)NNc3ccccc3)CC[C@@]1(C)C(=O)C2=O. The quantitative estimate of drug-likeness (QED) is 0.509. The van der Waals surface area contributed by atoms with E-state index >= 15 is 0 Å². The normalized spacial score (nSPS) is 32.1. The molecule has 2 N–H and O–H groups in total. The number of ketones is 2. The van der Waals surface area contributed by atoms with Crippen molar-refractivity contribution in [3.63, 3.8) is 0 Å². The Labute approximate surface area is 129 Å². The fourth-order valence-corrected chi connectivity index (χ4v) is 4.03. The molecule has 2 aliphatic rings. The van der Waals surface area contributed by atoms with Crippen LogP contribution < -0.4 is 10.9 Å². The number of hydrogen-bond donors (Lipinski definition) is 2. The average molecular weight is 300 g/mol. The van der Waals surface area contributed by atoms with Gasteiger partial charge in [0.05, 0.1) is 5.69 Å². The Morgan fingerprint density at radius 1 is 1.00 bits per heavy atom. The number of rotatable bonds is 3. The molecule has 2 atom stereocenters. The lowest BCUT2D eigenvalue weighted by Crippen LogP contribution is -2.52. The Bertz CT molecular complexity index is 668. The summed E-state index contributed by atoms with van der Waals surface area (Å²) in [6, 6.07) is 9.17. The number of nitrogens with one attached hydrogen (secondary N) is 2. The van der Waals surface area contributed by atoms with Crippen LogP contribution in [0, 0.1) is 16.2 Å². The monoisotopic (exact) mass is 300 g/mol. The van der Waals surface area contributed by atoms with Crippen molar-refractivity contribution < 1.29 is 14.4 Å². The second kappa shape index (κ2) is 4.41.